The van der Waals surface area contributed by atoms with E-state index in [2.05, 4.69) is 31.2 Å². The number of aryl methyl sites for hydroxylation is 1. The molecule has 0 aliphatic rings. The number of nitrogens with one attached hydrogen (secondary N) is 1. The summed E-state index contributed by atoms with van der Waals surface area (Å²) in [7, 11) is 0. The number of hydrogen-bond donors (Lipinski definition) is 1. The van der Waals surface area contributed by atoms with Gasteiger partial charge in [-0.2, -0.15) is 0 Å². The highest BCUT2D eigenvalue weighted by molar-refractivity contribution is 9.10. The Bertz CT molecular complexity index is 587. The Kier molecular flexibility index (Phi) is 3.87. The molecule has 2 aromatic rings. The summed E-state index contributed by atoms with van der Waals surface area (Å²) >= 11 is 4.81. The second kappa shape index (κ2) is 5.40. The number of rotatable bonds is 4. The van der Waals surface area contributed by atoms with Crippen molar-refractivity contribution in [3.8, 4) is 0 Å². The molecule has 6 nitrogen and oxygen atoms in total. The molecule has 0 saturated heterocycles. The lowest BCUT2D eigenvalue weighted by atomic mass is 10.3. The van der Waals surface area contributed by atoms with Crippen molar-refractivity contribution in [2.24, 2.45) is 0 Å². The number of thiazole rings is 1. The summed E-state index contributed by atoms with van der Waals surface area (Å²) in [5.74, 6) is 0. The molecule has 0 amide bonds. The van der Waals surface area contributed by atoms with Gasteiger partial charge in [-0.05, 0) is 22.9 Å². The average molecular weight is 329 g/mol. The quantitative estimate of drug-likeness (QED) is 0.688. The van der Waals surface area contributed by atoms with Crippen LogP contribution in [-0.4, -0.2) is 14.9 Å². The van der Waals surface area contributed by atoms with Crippen LogP contribution < -0.4 is 5.32 Å². The molecule has 2 heterocycles. The molecule has 0 spiro atoms. The van der Waals surface area contributed by atoms with E-state index in [-0.39, 0.29) is 5.69 Å². The van der Waals surface area contributed by atoms with Gasteiger partial charge >= 0.3 is 5.69 Å². The minimum absolute atomic E-state index is 0.0504. The molecule has 18 heavy (non-hydrogen) atoms. The zero-order valence-electron chi connectivity index (χ0n) is 9.38. The van der Waals surface area contributed by atoms with Gasteiger partial charge in [-0.25, -0.2) is 4.98 Å². The molecule has 0 aliphatic heterocycles. The summed E-state index contributed by atoms with van der Waals surface area (Å²) < 4.78 is 0.568. The minimum Gasteiger partial charge on any atom is -0.374 e. The van der Waals surface area contributed by atoms with Crippen LogP contribution in [0, 0.1) is 17.0 Å². The Labute approximate surface area is 115 Å². The van der Waals surface area contributed by atoms with Gasteiger partial charge in [0.25, 0.3) is 0 Å². The van der Waals surface area contributed by atoms with Crippen LogP contribution in [-0.2, 0) is 6.54 Å². The number of aromatic nitrogens is 2. The molecular weight excluding hydrogens is 320 g/mol. The molecule has 1 N–H and O–H groups in total. The topological polar surface area (TPSA) is 81.0 Å². The van der Waals surface area contributed by atoms with E-state index in [1.54, 1.807) is 17.5 Å². The van der Waals surface area contributed by atoms with Crippen molar-refractivity contribution in [2.45, 2.75) is 13.5 Å². The highest BCUT2D eigenvalue weighted by atomic mass is 79.9. The first kappa shape index (κ1) is 12.9. The normalized spacial score (nSPS) is 10.3. The zero-order chi connectivity index (χ0) is 13.1. The van der Waals surface area contributed by atoms with E-state index < -0.39 is 4.92 Å². The molecule has 0 aliphatic carbocycles. The fourth-order valence-corrected chi connectivity index (χ4v) is 2.60. The van der Waals surface area contributed by atoms with Crippen molar-refractivity contribution < 1.29 is 4.92 Å². The average Bonchev–Trinajstić information content (AvgIpc) is 2.73. The molecular formula is C10H9BrN4O2S. The highest BCUT2D eigenvalue weighted by Gasteiger charge is 2.17. The molecule has 2 rings (SSSR count). The summed E-state index contributed by atoms with van der Waals surface area (Å²) in [5.41, 5.74) is 0.381. The van der Waals surface area contributed by atoms with Gasteiger partial charge in [0, 0.05) is 17.3 Å². The zero-order valence-corrected chi connectivity index (χ0v) is 11.8. The third-order valence-corrected chi connectivity index (χ3v) is 3.70. The molecule has 8 heteroatoms. The van der Waals surface area contributed by atoms with Gasteiger partial charge in [-0.15, -0.1) is 11.3 Å². The van der Waals surface area contributed by atoms with Crippen LogP contribution in [0.25, 0.3) is 0 Å². The fourth-order valence-electron chi connectivity index (χ4n) is 1.40. The van der Waals surface area contributed by atoms with Gasteiger partial charge < -0.3 is 5.32 Å². The summed E-state index contributed by atoms with van der Waals surface area (Å²) in [6, 6.07) is 0. The number of anilines is 1. The largest absolute Gasteiger partial charge is 0.374 e. The lowest BCUT2D eigenvalue weighted by molar-refractivity contribution is -0.384. The van der Waals surface area contributed by atoms with Gasteiger partial charge in [-0.3, -0.25) is 15.1 Å². The molecule has 94 valence electrons. The summed E-state index contributed by atoms with van der Waals surface area (Å²) in [5, 5.41) is 14.9. The van der Waals surface area contributed by atoms with Crippen LogP contribution >= 0.6 is 27.3 Å². The van der Waals surface area contributed by atoms with Gasteiger partial charge in [-0.1, -0.05) is 0 Å². The van der Waals surface area contributed by atoms with Gasteiger partial charge in [0.2, 0.25) is 0 Å². The van der Waals surface area contributed by atoms with E-state index in [4.69, 9.17) is 0 Å². The van der Waals surface area contributed by atoms with Crippen molar-refractivity contribution in [2.75, 3.05) is 5.32 Å². The minimum atomic E-state index is -0.460. The van der Waals surface area contributed by atoms with Crippen LogP contribution in [0.5, 0.6) is 0 Å². The third-order valence-electron chi connectivity index (χ3n) is 2.18. The van der Waals surface area contributed by atoms with Crippen molar-refractivity contribution in [3.63, 3.8) is 0 Å². The predicted molar refractivity (Wildman–Crippen MR) is 72.8 cm³/mol. The number of nitrogens with zero attached hydrogens (tertiary/aromatic N) is 3. The Balaban J connectivity index is 2.20. The number of nitro groups is 1. The van der Waals surface area contributed by atoms with E-state index in [0.717, 1.165) is 9.88 Å². The Morgan fingerprint density at radius 1 is 1.50 bits per heavy atom. The van der Waals surface area contributed by atoms with E-state index in [1.807, 2.05) is 6.92 Å². The predicted octanol–water partition coefficient (Wildman–Crippen LogP) is 3.13. The van der Waals surface area contributed by atoms with Gasteiger partial charge in [0.1, 0.15) is 11.9 Å². The fraction of sp³-hybridized carbons (Fsp3) is 0.200. The highest BCUT2D eigenvalue weighted by Crippen LogP contribution is 2.31. The first-order valence-corrected chi connectivity index (χ1v) is 6.62. The first-order valence-electron chi connectivity index (χ1n) is 5.01. The van der Waals surface area contributed by atoms with E-state index >= 15 is 0 Å². The molecule has 0 radical (unpaired) electrons. The van der Waals surface area contributed by atoms with Crippen molar-refractivity contribution >= 4 is 38.6 Å². The lowest BCUT2D eigenvalue weighted by Crippen LogP contribution is -2.03. The molecule has 0 fully saturated rings. The van der Waals surface area contributed by atoms with Crippen LogP contribution in [0.15, 0.2) is 23.1 Å². The van der Waals surface area contributed by atoms with Crippen molar-refractivity contribution in [1.29, 1.82) is 0 Å². The van der Waals surface area contributed by atoms with Crippen molar-refractivity contribution in [3.05, 3.63) is 43.1 Å². The standard InChI is InChI=1S/C10H9BrN4O2S/c1-6-13-2-7(18-6)3-14-10-8(11)4-12-5-9(10)15(16)17/h2,4-5H,3H2,1H3,(H,12,14). The molecule has 0 unspecified atom stereocenters. The second-order valence-electron chi connectivity index (χ2n) is 3.47. The van der Waals surface area contributed by atoms with Crippen LogP contribution in [0.4, 0.5) is 11.4 Å². The summed E-state index contributed by atoms with van der Waals surface area (Å²) in [6.45, 7) is 2.41. The van der Waals surface area contributed by atoms with Crippen LogP contribution in [0.3, 0.4) is 0 Å². The SMILES string of the molecule is Cc1ncc(CNc2c(Br)cncc2[N+](=O)[O-])s1. The maximum atomic E-state index is 10.9. The smallest absolute Gasteiger partial charge is 0.311 e. The van der Waals surface area contributed by atoms with Crippen LogP contribution in [0.1, 0.15) is 9.88 Å². The number of halogens is 1. The third kappa shape index (κ3) is 2.82. The molecule has 0 bridgehead atoms. The second-order valence-corrected chi connectivity index (χ2v) is 5.65. The molecule has 2 aromatic heterocycles. The van der Waals surface area contributed by atoms with E-state index in [0.29, 0.717) is 16.7 Å². The first-order chi connectivity index (χ1) is 8.58. The van der Waals surface area contributed by atoms with Gasteiger partial charge in [0.05, 0.1) is 20.9 Å². The van der Waals surface area contributed by atoms with E-state index in [1.165, 1.54) is 12.4 Å². The Morgan fingerprint density at radius 2 is 2.28 bits per heavy atom. The summed E-state index contributed by atoms with van der Waals surface area (Å²) in [4.78, 5) is 19.4. The number of hydrogen-bond acceptors (Lipinski definition) is 6. The maximum Gasteiger partial charge on any atom is 0.311 e. The maximum absolute atomic E-state index is 10.9. The lowest BCUT2D eigenvalue weighted by Gasteiger charge is -2.06. The van der Waals surface area contributed by atoms with Crippen molar-refractivity contribution in [1.82, 2.24) is 9.97 Å². The van der Waals surface area contributed by atoms with Gasteiger partial charge in [0.15, 0.2) is 0 Å². The monoisotopic (exact) mass is 328 g/mol. The van der Waals surface area contributed by atoms with E-state index in [9.17, 15) is 10.1 Å². The molecule has 0 aromatic carbocycles. The van der Waals surface area contributed by atoms with Crippen LogP contribution in [0.2, 0.25) is 0 Å². The molecule has 0 saturated carbocycles. The molecule has 0 atom stereocenters. The Morgan fingerprint density at radius 3 is 2.89 bits per heavy atom. The Hall–Kier alpha value is -1.54. The number of pyridine rings is 1. The summed E-state index contributed by atoms with van der Waals surface area (Å²) in [6.07, 6.45) is 4.51.